The summed E-state index contributed by atoms with van der Waals surface area (Å²) in [5.74, 6) is -2.18. The quantitative estimate of drug-likeness (QED) is 0.710. The van der Waals surface area contributed by atoms with Crippen molar-refractivity contribution in [1.82, 2.24) is 5.32 Å². The Kier molecular flexibility index (Phi) is 5.36. The maximum atomic E-state index is 12.6. The summed E-state index contributed by atoms with van der Waals surface area (Å²) < 4.78 is 38.9. The molecule has 2 rings (SSSR count). The van der Waals surface area contributed by atoms with Crippen LogP contribution in [0.15, 0.2) is 51.4 Å². The molecule has 2 aromatic rings. The molecule has 0 aliphatic heterocycles. The van der Waals surface area contributed by atoms with Crippen molar-refractivity contribution in [1.29, 1.82) is 0 Å². The van der Waals surface area contributed by atoms with E-state index in [1.807, 2.05) is 5.32 Å². The van der Waals surface area contributed by atoms with Crippen molar-refractivity contribution in [3.8, 4) is 5.75 Å². The average molecular weight is 453 g/mol. The van der Waals surface area contributed by atoms with Crippen LogP contribution in [0, 0.1) is 0 Å². The Morgan fingerprint density at radius 1 is 1.04 bits per heavy atom. The van der Waals surface area contributed by atoms with E-state index in [0.717, 1.165) is 0 Å². The number of hydrogen-bond acceptors (Lipinski definition) is 2. The molecule has 0 aliphatic rings. The van der Waals surface area contributed by atoms with Crippen LogP contribution in [0.3, 0.4) is 0 Å². The molecule has 0 fully saturated rings. The molecule has 0 radical (unpaired) electrons. The van der Waals surface area contributed by atoms with E-state index in [0.29, 0.717) is 20.1 Å². The predicted molar refractivity (Wildman–Crippen MR) is 86.0 cm³/mol. The van der Waals surface area contributed by atoms with E-state index >= 15 is 0 Å². The van der Waals surface area contributed by atoms with Crippen molar-refractivity contribution in [3.63, 3.8) is 0 Å². The Labute approximate surface area is 146 Å². The number of benzene rings is 2. The largest absolute Gasteiger partial charge is 0.508 e. The van der Waals surface area contributed by atoms with Crippen molar-refractivity contribution < 1.29 is 23.1 Å². The van der Waals surface area contributed by atoms with Gasteiger partial charge in [0, 0.05) is 8.95 Å². The van der Waals surface area contributed by atoms with Gasteiger partial charge in [-0.2, -0.15) is 13.2 Å². The van der Waals surface area contributed by atoms with Crippen LogP contribution in [0.4, 0.5) is 13.2 Å². The Morgan fingerprint density at radius 2 is 1.70 bits per heavy atom. The number of phenols is 1. The number of nitrogens with one attached hydrogen (secondary N) is 1. The minimum Gasteiger partial charge on any atom is -0.508 e. The van der Waals surface area contributed by atoms with Gasteiger partial charge >= 0.3 is 12.1 Å². The SMILES string of the molecule is O=C(N[C@@H](c1cccc(Br)c1)c1cc(O)cc(Br)c1)C(F)(F)F. The van der Waals surface area contributed by atoms with E-state index in [2.05, 4.69) is 31.9 Å². The van der Waals surface area contributed by atoms with E-state index in [9.17, 15) is 23.1 Å². The summed E-state index contributed by atoms with van der Waals surface area (Å²) in [5, 5.41) is 11.6. The number of carbonyl (C=O) groups excluding carboxylic acids is 1. The molecule has 2 aromatic carbocycles. The molecule has 1 amide bonds. The van der Waals surface area contributed by atoms with E-state index < -0.39 is 18.1 Å². The molecule has 8 heteroatoms. The molecular formula is C15H10Br2F3NO2. The number of alkyl halides is 3. The number of rotatable bonds is 3. The minimum atomic E-state index is -5.00. The number of carbonyl (C=O) groups is 1. The number of phenolic OH excluding ortho intramolecular Hbond substituents is 1. The molecule has 0 bridgehead atoms. The third kappa shape index (κ3) is 4.71. The van der Waals surface area contributed by atoms with Crippen LogP contribution in [-0.2, 0) is 4.79 Å². The zero-order chi connectivity index (χ0) is 17.2. The van der Waals surface area contributed by atoms with E-state index in [1.54, 1.807) is 24.3 Å². The van der Waals surface area contributed by atoms with Crippen LogP contribution in [-0.4, -0.2) is 17.2 Å². The van der Waals surface area contributed by atoms with Crippen LogP contribution in [0.5, 0.6) is 5.75 Å². The smallest absolute Gasteiger partial charge is 0.471 e. The fourth-order valence-electron chi connectivity index (χ4n) is 2.02. The second-order valence-electron chi connectivity index (χ2n) is 4.70. The van der Waals surface area contributed by atoms with Gasteiger partial charge in [-0.05, 0) is 41.5 Å². The summed E-state index contributed by atoms with van der Waals surface area (Å²) in [6, 6.07) is 9.70. The number of amides is 1. The first-order valence-corrected chi connectivity index (χ1v) is 7.88. The van der Waals surface area contributed by atoms with E-state index in [4.69, 9.17) is 0 Å². The summed E-state index contributed by atoms with van der Waals surface area (Å²) in [5.41, 5.74) is 0.752. The molecule has 0 unspecified atom stereocenters. The highest BCUT2D eigenvalue weighted by Crippen LogP contribution is 2.31. The van der Waals surface area contributed by atoms with Gasteiger partial charge in [-0.3, -0.25) is 4.79 Å². The van der Waals surface area contributed by atoms with Gasteiger partial charge in [-0.25, -0.2) is 0 Å². The lowest BCUT2D eigenvalue weighted by atomic mass is 9.98. The zero-order valence-corrected chi connectivity index (χ0v) is 14.5. The maximum Gasteiger partial charge on any atom is 0.471 e. The first-order valence-electron chi connectivity index (χ1n) is 6.29. The monoisotopic (exact) mass is 451 g/mol. The fraction of sp³-hybridized carbons (Fsp3) is 0.133. The summed E-state index contributed by atoms with van der Waals surface area (Å²) in [6.45, 7) is 0. The molecule has 0 heterocycles. The number of hydrogen-bond donors (Lipinski definition) is 2. The molecule has 23 heavy (non-hydrogen) atoms. The van der Waals surface area contributed by atoms with Crippen molar-refractivity contribution in [2.45, 2.75) is 12.2 Å². The second-order valence-corrected chi connectivity index (χ2v) is 6.53. The Bertz CT molecular complexity index is 715. The van der Waals surface area contributed by atoms with Crippen LogP contribution >= 0.6 is 31.9 Å². The fourth-order valence-corrected chi connectivity index (χ4v) is 2.94. The van der Waals surface area contributed by atoms with Gasteiger partial charge < -0.3 is 10.4 Å². The summed E-state index contributed by atoms with van der Waals surface area (Å²) in [6.07, 6.45) is -5.00. The molecule has 0 spiro atoms. The Hall–Kier alpha value is -1.54. The average Bonchev–Trinajstić information content (AvgIpc) is 2.42. The molecule has 0 aliphatic carbocycles. The first kappa shape index (κ1) is 17.8. The second kappa shape index (κ2) is 6.92. The normalized spacial score (nSPS) is 12.7. The molecule has 0 saturated carbocycles. The lowest BCUT2D eigenvalue weighted by molar-refractivity contribution is -0.174. The lowest BCUT2D eigenvalue weighted by Crippen LogP contribution is -2.39. The summed E-state index contributed by atoms with van der Waals surface area (Å²) in [4.78, 5) is 11.4. The Balaban J connectivity index is 2.49. The molecule has 1 atom stereocenters. The van der Waals surface area contributed by atoms with Gasteiger partial charge in [-0.1, -0.05) is 44.0 Å². The van der Waals surface area contributed by atoms with Crippen molar-refractivity contribution in [2.75, 3.05) is 0 Å². The molecule has 2 N–H and O–H groups in total. The molecular weight excluding hydrogens is 443 g/mol. The van der Waals surface area contributed by atoms with E-state index in [-0.39, 0.29) is 5.75 Å². The summed E-state index contributed by atoms with van der Waals surface area (Å²) in [7, 11) is 0. The molecule has 0 aromatic heterocycles. The minimum absolute atomic E-state index is 0.129. The van der Waals surface area contributed by atoms with Crippen molar-refractivity contribution >= 4 is 37.8 Å². The zero-order valence-electron chi connectivity index (χ0n) is 11.4. The highest BCUT2D eigenvalue weighted by Gasteiger charge is 2.40. The van der Waals surface area contributed by atoms with Gasteiger partial charge in [0.25, 0.3) is 0 Å². The number of halogens is 5. The van der Waals surface area contributed by atoms with Crippen molar-refractivity contribution in [2.24, 2.45) is 0 Å². The van der Waals surface area contributed by atoms with Gasteiger partial charge in [0.15, 0.2) is 0 Å². The highest BCUT2D eigenvalue weighted by atomic mass is 79.9. The predicted octanol–water partition coefficient (Wildman–Crippen LogP) is 4.69. The topological polar surface area (TPSA) is 49.3 Å². The van der Waals surface area contributed by atoms with Crippen LogP contribution in [0.1, 0.15) is 17.2 Å². The van der Waals surface area contributed by atoms with Gasteiger partial charge in [-0.15, -0.1) is 0 Å². The maximum absolute atomic E-state index is 12.6. The van der Waals surface area contributed by atoms with Crippen molar-refractivity contribution in [3.05, 3.63) is 62.5 Å². The molecule has 3 nitrogen and oxygen atoms in total. The third-order valence-corrected chi connectivity index (χ3v) is 3.90. The lowest BCUT2D eigenvalue weighted by Gasteiger charge is -2.21. The third-order valence-electron chi connectivity index (χ3n) is 2.95. The van der Waals surface area contributed by atoms with Gasteiger partial charge in [0.2, 0.25) is 0 Å². The van der Waals surface area contributed by atoms with E-state index in [1.165, 1.54) is 18.2 Å². The molecule has 122 valence electrons. The Morgan fingerprint density at radius 3 is 2.26 bits per heavy atom. The van der Waals surface area contributed by atoms with Gasteiger partial charge in [0.1, 0.15) is 5.75 Å². The highest BCUT2D eigenvalue weighted by molar-refractivity contribution is 9.10. The van der Waals surface area contributed by atoms with Crippen LogP contribution in [0.2, 0.25) is 0 Å². The number of aromatic hydroxyl groups is 1. The van der Waals surface area contributed by atoms with Gasteiger partial charge in [0.05, 0.1) is 6.04 Å². The first-order chi connectivity index (χ1) is 10.7. The molecule has 0 saturated heterocycles. The van der Waals surface area contributed by atoms with Crippen LogP contribution in [0.25, 0.3) is 0 Å². The standard InChI is InChI=1S/C15H10Br2F3NO2/c16-10-3-1-2-8(4-10)13(21-14(23)15(18,19)20)9-5-11(17)7-12(22)6-9/h1-7,13,22H,(H,21,23)/t13-/m0/s1. The van der Waals surface area contributed by atoms with Crippen LogP contribution < -0.4 is 5.32 Å². The summed E-state index contributed by atoms with van der Waals surface area (Å²) >= 11 is 6.41.